The molecule has 0 bridgehead atoms. The average Bonchev–Trinajstić information content (AvgIpc) is 2.49. The van der Waals surface area contributed by atoms with Crippen LogP contribution >= 0.6 is 23.2 Å². The maximum absolute atomic E-state index is 6.00. The van der Waals surface area contributed by atoms with Gasteiger partial charge in [0.15, 0.2) is 0 Å². The standard InChI is InChI=1S/C17H18Cl2N2/c1-12-11-21(16-8-6-15(19)7-9-16)17(10-20-12)13-2-4-14(18)5-3-13/h2-9,12,17,20H,10-11H2,1H3/t12?,17-/m0/s1. The summed E-state index contributed by atoms with van der Waals surface area (Å²) in [6.45, 7) is 4.10. The van der Waals surface area contributed by atoms with Gasteiger partial charge in [-0.15, -0.1) is 0 Å². The van der Waals surface area contributed by atoms with E-state index in [-0.39, 0.29) is 0 Å². The summed E-state index contributed by atoms with van der Waals surface area (Å²) in [6.07, 6.45) is 0. The lowest BCUT2D eigenvalue weighted by molar-refractivity contribution is 0.416. The Labute approximate surface area is 135 Å². The van der Waals surface area contributed by atoms with Crippen LogP contribution in [0.25, 0.3) is 0 Å². The molecular formula is C17H18Cl2N2. The van der Waals surface area contributed by atoms with Gasteiger partial charge in [-0.3, -0.25) is 0 Å². The molecule has 0 aliphatic carbocycles. The first-order valence-electron chi connectivity index (χ1n) is 7.14. The van der Waals surface area contributed by atoms with E-state index >= 15 is 0 Å². The molecule has 0 spiro atoms. The van der Waals surface area contributed by atoms with Crippen molar-refractivity contribution in [1.29, 1.82) is 0 Å². The van der Waals surface area contributed by atoms with Crippen LogP contribution in [0.2, 0.25) is 10.0 Å². The molecule has 2 atom stereocenters. The number of hydrogen-bond donors (Lipinski definition) is 1. The van der Waals surface area contributed by atoms with Crippen LogP contribution in [0.1, 0.15) is 18.5 Å². The molecule has 1 aliphatic heterocycles. The molecule has 1 saturated heterocycles. The predicted octanol–water partition coefficient (Wildman–Crippen LogP) is 4.53. The monoisotopic (exact) mass is 320 g/mol. The minimum Gasteiger partial charge on any atom is -0.362 e. The fourth-order valence-electron chi connectivity index (χ4n) is 2.81. The van der Waals surface area contributed by atoms with Gasteiger partial charge in [0.2, 0.25) is 0 Å². The van der Waals surface area contributed by atoms with Crippen molar-refractivity contribution in [3.05, 3.63) is 64.1 Å². The third kappa shape index (κ3) is 3.34. The molecule has 2 aromatic rings. The number of benzene rings is 2. The number of piperazine rings is 1. The first kappa shape index (κ1) is 14.7. The third-order valence-electron chi connectivity index (χ3n) is 3.92. The highest BCUT2D eigenvalue weighted by atomic mass is 35.5. The van der Waals surface area contributed by atoms with Crippen LogP contribution in [-0.2, 0) is 0 Å². The zero-order valence-electron chi connectivity index (χ0n) is 11.9. The summed E-state index contributed by atoms with van der Waals surface area (Å²) < 4.78 is 0. The molecule has 4 heteroatoms. The van der Waals surface area contributed by atoms with Gasteiger partial charge in [-0.1, -0.05) is 35.3 Å². The van der Waals surface area contributed by atoms with Gasteiger partial charge in [-0.2, -0.15) is 0 Å². The Bertz CT molecular complexity index is 595. The SMILES string of the molecule is CC1CN(c2ccc(Cl)cc2)[C@H](c2ccc(Cl)cc2)CN1. The van der Waals surface area contributed by atoms with Crippen molar-refractivity contribution in [3.8, 4) is 0 Å². The Balaban J connectivity index is 1.92. The van der Waals surface area contributed by atoms with E-state index in [1.54, 1.807) is 0 Å². The van der Waals surface area contributed by atoms with Crippen molar-refractivity contribution in [1.82, 2.24) is 5.32 Å². The predicted molar refractivity (Wildman–Crippen MR) is 90.5 cm³/mol. The van der Waals surface area contributed by atoms with Crippen LogP contribution in [0.4, 0.5) is 5.69 Å². The lowest BCUT2D eigenvalue weighted by atomic mass is 10.0. The van der Waals surface area contributed by atoms with E-state index < -0.39 is 0 Å². The highest BCUT2D eigenvalue weighted by Gasteiger charge is 2.27. The van der Waals surface area contributed by atoms with Gasteiger partial charge in [0.05, 0.1) is 6.04 Å². The van der Waals surface area contributed by atoms with Crippen LogP contribution < -0.4 is 10.2 Å². The summed E-state index contributed by atoms with van der Waals surface area (Å²) in [5.74, 6) is 0. The molecule has 2 nitrogen and oxygen atoms in total. The summed E-state index contributed by atoms with van der Waals surface area (Å²) in [4.78, 5) is 2.43. The second-order valence-corrected chi connectivity index (χ2v) is 6.38. The molecule has 0 aromatic heterocycles. The quantitative estimate of drug-likeness (QED) is 0.874. The number of nitrogens with one attached hydrogen (secondary N) is 1. The summed E-state index contributed by atoms with van der Waals surface area (Å²) in [5, 5.41) is 5.10. The normalized spacial score (nSPS) is 22.3. The van der Waals surface area contributed by atoms with Crippen LogP contribution in [0.5, 0.6) is 0 Å². The van der Waals surface area contributed by atoms with E-state index in [0.29, 0.717) is 12.1 Å². The van der Waals surface area contributed by atoms with Gasteiger partial charge < -0.3 is 10.2 Å². The third-order valence-corrected chi connectivity index (χ3v) is 4.42. The first-order valence-corrected chi connectivity index (χ1v) is 7.90. The minimum absolute atomic E-state index is 0.305. The Morgan fingerprint density at radius 3 is 2.14 bits per heavy atom. The topological polar surface area (TPSA) is 15.3 Å². The van der Waals surface area contributed by atoms with Gasteiger partial charge in [0.25, 0.3) is 0 Å². The molecule has 3 rings (SSSR count). The Morgan fingerprint density at radius 1 is 0.952 bits per heavy atom. The summed E-state index contributed by atoms with van der Waals surface area (Å²) in [6, 6.07) is 17.0. The lowest BCUT2D eigenvalue weighted by Crippen LogP contribution is -2.51. The zero-order chi connectivity index (χ0) is 14.8. The van der Waals surface area contributed by atoms with Crippen molar-refractivity contribution in [2.24, 2.45) is 0 Å². The molecule has 110 valence electrons. The molecular weight excluding hydrogens is 303 g/mol. The average molecular weight is 321 g/mol. The second kappa shape index (κ2) is 6.27. The Kier molecular flexibility index (Phi) is 4.39. The van der Waals surface area contributed by atoms with Crippen molar-refractivity contribution in [3.63, 3.8) is 0 Å². The molecule has 1 N–H and O–H groups in total. The van der Waals surface area contributed by atoms with E-state index in [1.807, 2.05) is 24.3 Å². The van der Waals surface area contributed by atoms with E-state index in [0.717, 1.165) is 23.1 Å². The number of hydrogen-bond acceptors (Lipinski definition) is 2. The molecule has 1 fully saturated rings. The molecule has 0 radical (unpaired) electrons. The highest BCUT2D eigenvalue weighted by molar-refractivity contribution is 6.30. The molecule has 1 aliphatic rings. The summed E-state index contributed by atoms with van der Waals surface area (Å²) in [5.41, 5.74) is 2.47. The summed E-state index contributed by atoms with van der Waals surface area (Å²) in [7, 11) is 0. The second-order valence-electron chi connectivity index (χ2n) is 5.51. The van der Waals surface area contributed by atoms with E-state index in [1.165, 1.54) is 11.3 Å². The fourth-order valence-corrected chi connectivity index (χ4v) is 3.06. The van der Waals surface area contributed by atoms with Gasteiger partial charge in [0, 0.05) is 34.9 Å². The molecule has 1 heterocycles. The van der Waals surface area contributed by atoms with E-state index in [2.05, 4.69) is 41.4 Å². The zero-order valence-corrected chi connectivity index (χ0v) is 13.4. The van der Waals surface area contributed by atoms with Crippen molar-refractivity contribution < 1.29 is 0 Å². The first-order chi connectivity index (χ1) is 10.1. The van der Waals surface area contributed by atoms with Gasteiger partial charge in [-0.05, 0) is 48.9 Å². The fraction of sp³-hybridized carbons (Fsp3) is 0.294. The molecule has 1 unspecified atom stereocenters. The van der Waals surface area contributed by atoms with Crippen molar-refractivity contribution >= 4 is 28.9 Å². The molecule has 2 aromatic carbocycles. The lowest BCUT2D eigenvalue weighted by Gasteiger charge is -2.41. The van der Waals surface area contributed by atoms with Crippen LogP contribution in [0.15, 0.2) is 48.5 Å². The van der Waals surface area contributed by atoms with Gasteiger partial charge in [0.1, 0.15) is 0 Å². The Hall–Kier alpha value is -1.22. The maximum Gasteiger partial charge on any atom is 0.0667 e. The number of rotatable bonds is 2. The number of halogens is 2. The van der Waals surface area contributed by atoms with Crippen LogP contribution in [0.3, 0.4) is 0 Å². The smallest absolute Gasteiger partial charge is 0.0667 e. The van der Waals surface area contributed by atoms with Gasteiger partial charge in [-0.25, -0.2) is 0 Å². The number of anilines is 1. The van der Waals surface area contributed by atoms with Crippen LogP contribution in [-0.4, -0.2) is 19.1 Å². The van der Waals surface area contributed by atoms with E-state index in [4.69, 9.17) is 23.2 Å². The minimum atomic E-state index is 0.305. The summed E-state index contributed by atoms with van der Waals surface area (Å²) >= 11 is 12.0. The van der Waals surface area contributed by atoms with Crippen LogP contribution in [0, 0.1) is 0 Å². The van der Waals surface area contributed by atoms with E-state index in [9.17, 15) is 0 Å². The van der Waals surface area contributed by atoms with Crippen molar-refractivity contribution in [2.45, 2.75) is 19.0 Å². The Morgan fingerprint density at radius 2 is 1.52 bits per heavy atom. The largest absolute Gasteiger partial charge is 0.362 e. The highest BCUT2D eigenvalue weighted by Crippen LogP contribution is 2.30. The molecule has 21 heavy (non-hydrogen) atoms. The molecule has 0 amide bonds. The molecule has 0 saturated carbocycles. The number of nitrogens with zero attached hydrogens (tertiary/aromatic N) is 1. The van der Waals surface area contributed by atoms with Gasteiger partial charge >= 0.3 is 0 Å². The van der Waals surface area contributed by atoms with Crippen molar-refractivity contribution in [2.75, 3.05) is 18.0 Å². The maximum atomic E-state index is 6.00.